The van der Waals surface area contributed by atoms with Crippen LogP contribution in [-0.4, -0.2) is 69.9 Å². The quantitative estimate of drug-likeness (QED) is 0.101. The molecule has 0 unspecified atom stereocenters. The fourth-order valence-corrected chi connectivity index (χ4v) is 12.7. The van der Waals surface area contributed by atoms with Crippen LogP contribution in [0.5, 0.6) is 0 Å². The number of rotatable bonds is 14. The summed E-state index contributed by atoms with van der Waals surface area (Å²) in [6, 6.07) is 99.1. The zero-order valence-electron chi connectivity index (χ0n) is 54.7. The third-order valence-electron chi connectivity index (χ3n) is 18.0. The lowest BCUT2D eigenvalue weighted by atomic mass is 9.95. The number of benzene rings is 8. The summed E-state index contributed by atoms with van der Waals surface area (Å²) in [5.74, 6) is 0. The number of nitrogens with zero attached hydrogens (tertiary/aromatic N) is 14. The maximum absolute atomic E-state index is 5.06. The molecule has 0 aliphatic rings. The molecule has 0 N–H and O–H groups in total. The number of fused-ring (bicyclic) bond motifs is 2. The van der Waals surface area contributed by atoms with Crippen LogP contribution < -0.4 is 0 Å². The highest BCUT2D eigenvalue weighted by Crippen LogP contribution is 2.40. The fraction of sp³-hybridized carbons (Fsp3) is 0. The number of aromatic nitrogens is 14. The molecule has 0 radical (unpaired) electrons. The third kappa shape index (κ3) is 12.8. The largest absolute Gasteiger partial charge is 0.264 e. The minimum atomic E-state index is 0.775. The van der Waals surface area contributed by atoms with Crippen molar-refractivity contribution in [3.8, 4) is 146 Å². The Bertz CT molecular complexity index is 5620. The van der Waals surface area contributed by atoms with Gasteiger partial charge in [0.15, 0.2) is 0 Å². The second kappa shape index (κ2) is 27.7. The maximum Gasteiger partial charge on any atom is 0.122 e. The Labute approximate surface area is 587 Å². The Hall–Kier alpha value is -14.2. The van der Waals surface area contributed by atoms with Crippen molar-refractivity contribution in [3.05, 3.63) is 353 Å². The highest BCUT2D eigenvalue weighted by Gasteiger charge is 2.21. The van der Waals surface area contributed by atoms with Crippen molar-refractivity contribution in [2.45, 2.75) is 0 Å². The van der Waals surface area contributed by atoms with E-state index in [4.69, 9.17) is 30.4 Å². The highest BCUT2D eigenvalue weighted by atomic mass is 15.5. The molecule has 18 rings (SSSR count). The molecule has 0 atom stereocenters. The van der Waals surface area contributed by atoms with Gasteiger partial charge in [-0.1, -0.05) is 182 Å². The molecule has 480 valence electrons. The highest BCUT2D eigenvalue weighted by molar-refractivity contribution is 6.02. The minimum Gasteiger partial charge on any atom is -0.264 e. The zero-order chi connectivity index (χ0) is 68.0. The van der Waals surface area contributed by atoms with Crippen LogP contribution in [0.1, 0.15) is 0 Å². The van der Waals surface area contributed by atoms with E-state index in [0.29, 0.717) is 0 Å². The Morgan fingerprint density at radius 1 is 0.176 bits per heavy atom. The van der Waals surface area contributed by atoms with Gasteiger partial charge >= 0.3 is 0 Å². The molecule has 0 saturated heterocycles. The molecule has 0 spiro atoms. The third-order valence-corrected chi connectivity index (χ3v) is 18.0. The van der Waals surface area contributed by atoms with Crippen molar-refractivity contribution >= 4 is 22.1 Å². The molecule has 102 heavy (non-hydrogen) atoms. The molecule has 10 heterocycles. The van der Waals surface area contributed by atoms with E-state index < -0.39 is 0 Å². The summed E-state index contributed by atoms with van der Waals surface area (Å²) in [5.41, 5.74) is 29.0. The van der Waals surface area contributed by atoms with Crippen LogP contribution in [0.3, 0.4) is 0 Å². The normalized spacial score (nSPS) is 11.1. The molecular formula is C88H58N14. The van der Waals surface area contributed by atoms with E-state index in [1.807, 2.05) is 170 Å². The summed E-state index contributed by atoms with van der Waals surface area (Å²) < 4.78 is 0. The summed E-state index contributed by atoms with van der Waals surface area (Å²) in [5, 5.41) is 20.2. The number of hydrogen-bond acceptors (Lipinski definition) is 12. The average molecular weight is 1310 g/mol. The molecule has 0 amide bonds. The van der Waals surface area contributed by atoms with Gasteiger partial charge < -0.3 is 0 Å². The first-order valence-electron chi connectivity index (χ1n) is 33.4. The average Bonchev–Trinajstić information content (AvgIpc) is 1.58. The minimum absolute atomic E-state index is 0.775. The van der Waals surface area contributed by atoms with Crippen molar-refractivity contribution in [3.63, 3.8) is 0 Å². The van der Waals surface area contributed by atoms with Crippen molar-refractivity contribution in [1.29, 1.82) is 0 Å². The van der Waals surface area contributed by atoms with Gasteiger partial charge in [0.25, 0.3) is 0 Å². The van der Waals surface area contributed by atoms with E-state index in [1.165, 1.54) is 0 Å². The Kier molecular flexibility index (Phi) is 16.7. The van der Waals surface area contributed by atoms with Gasteiger partial charge in [-0.05, 0) is 176 Å². The van der Waals surface area contributed by atoms with Gasteiger partial charge in [0, 0.05) is 95.3 Å². The topological polar surface area (TPSA) is 165 Å². The first-order valence-corrected chi connectivity index (χ1v) is 33.4. The zero-order valence-corrected chi connectivity index (χ0v) is 54.7. The summed E-state index contributed by atoms with van der Waals surface area (Å²) in [6.45, 7) is 0. The standard InChI is InChI=1S/C46H31N5.C42H27N9/c1-2-8-42(9-3-1)51-49-45-43(38-22-18-34(19-23-38)32-10-14-36(15-11-32)40-6-4-28-47-30-40)26-27-44(46(45)50-51)39-24-20-35(21-25-39)33-12-16-37(17-13-33)41-7-5-29-48-31-41;1-2-8-32(9-3-1)51-49-41-33(28-14-20-45-37(24-28)30-16-22-47-39(26-30)35-10-4-6-18-43-35)12-13-34(42(41)50-51)29-15-21-46-38(25-29)31-17-23-48-40(27-31)36-11-5-7-19-44-36/h1-31H;1-27H. The van der Waals surface area contributed by atoms with E-state index in [-0.39, 0.29) is 0 Å². The van der Waals surface area contributed by atoms with E-state index in [0.717, 1.165) is 168 Å². The molecule has 0 bridgehead atoms. The van der Waals surface area contributed by atoms with Crippen molar-refractivity contribution in [1.82, 2.24) is 69.9 Å². The molecule has 0 aliphatic heterocycles. The van der Waals surface area contributed by atoms with Crippen molar-refractivity contribution < 1.29 is 0 Å². The molecule has 10 aromatic heterocycles. The van der Waals surface area contributed by atoms with Crippen LogP contribution >= 0.6 is 0 Å². The lowest BCUT2D eigenvalue weighted by Crippen LogP contribution is -1.97. The number of pyridine rings is 8. The van der Waals surface area contributed by atoms with Crippen LogP contribution in [0, 0.1) is 0 Å². The van der Waals surface area contributed by atoms with Crippen molar-refractivity contribution in [2.75, 3.05) is 0 Å². The van der Waals surface area contributed by atoms with Crippen LogP contribution in [0.2, 0.25) is 0 Å². The van der Waals surface area contributed by atoms with E-state index in [2.05, 4.69) is 175 Å². The second-order valence-corrected chi connectivity index (χ2v) is 24.3. The van der Waals surface area contributed by atoms with Gasteiger partial charge in [-0.15, -0.1) is 20.4 Å². The van der Waals surface area contributed by atoms with Gasteiger partial charge in [-0.3, -0.25) is 39.9 Å². The number of para-hydroxylation sites is 2. The predicted octanol–water partition coefficient (Wildman–Crippen LogP) is 20.0. The lowest BCUT2D eigenvalue weighted by Gasteiger charge is -2.10. The predicted molar refractivity (Wildman–Crippen MR) is 405 cm³/mol. The first-order chi connectivity index (χ1) is 50.5. The monoisotopic (exact) mass is 1310 g/mol. The molecule has 14 heteroatoms. The summed E-state index contributed by atoms with van der Waals surface area (Å²) >= 11 is 0. The Morgan fingerprint density at radius 3 is 0.804 bits per heavy atom. The maximum atomic E-state index is 5.06. The van der Waals surface area contributed by atoms with Crippen LogP contribution in [0.4, 0.5) is 0 Å². The van der Waals surface area contributed by atoms with Gasteiger partial charge in [0.2, 0.25) is 0 Å². The van der Waals surface area contributed by atoms with E-state index in [9.17, 15) is 0 Å². The summed E-state index contributed by atoms with van der Waals surface area (Å²) in [6.07, 6.45) is 18.2. The van der Waals surface area contributed by atoms with Crippen LogP contribution in [-0.2, 0) is 0 Å². The van der Waals surface area contributed by atoms with Crippen LogP contribution in [0.15, 0.2) is 353 Å². The van der Waals surface area contributed by atoms with Crippen molar-refractivity contribution in [2.24, 2.45) is 0 Å². The summed E-state index contributed by atoms with van der Waals surface area (Å²) in [7, 11) is 0. The van der Waals surface area contributed by atoms with E-state index >= 15 is 0 Å². The SMILES string of the molecule is c1ccc(-n2nc3c(-c4ccc(-c5ccc(-c6cccnc6)cc5)cc4)ccc(-c4ccc(-c5ccc(-c6cccnc6)cc5)cc4)c3n2)cc1.c1ccc(-n2nc3c(-c4ccnc(-c5ccnc(-c6ccccn6)c5)c4)ccc(-c4ccnc(-c5ccnc(-c6ccccn6)c5)c4)c3n2)cc1. The van der Waals surface area contributed by atoms with Gasteiger partial charge in [-0.25, -0.2) is 0 Å². The fourth-order valence-electron chi connectivity index (χ4n) is 12.7. The molecule has 0 fully saturated rings. The molecule has 8 aromatic carbocycles. The van der Waals surface area contributed by atoms with Gasteiger partial charge in [0.1, 0.15) is 22.1 Å². The lowest BCUT2D eigenvalue weighted by molar-refractivity contribution is 0.766. The molecule has 0 saturated carbocycles. The van der Waals surface area contributed by atoms with Gasteiger partial charge in [-0.2, -0.15) is 9.59 Å². The summed E-state index contributed by atoms with van der Waals surface area (Å²) in [4.78, 5) is 39.5. The van der Waals surface area contributed by atoms with E-state index in [1.54, 1.807) is 46.8 Å². The van der Waals surface area contributed by atoms with Crippen LogP contribution in [0.25, 0.3) is 168 Å². The number of hydrogen-bond donors (Lipinski definition) is 0. The molecule has 14 nitrogen and oxygen atoms in total. The first kappa shape index (κ1) is 61.4. The Morgan fingerprint density at radius 2 is 0.471 bits per heavy atom. The molecule has 18 aromatic rings. The Balaban J connectivity index is 0.000000152. The smallest absolute Gasteiger partial charge is 0.122 e. The molecule has 0 aliphatic carbocycles. The second-order valence-electron chi connectivity index (χ2n) is 24.3. The van der Waals surface area contributed by atoms with Gasteiger partial charge in [0.05, 0.1) is 45.5 Å². The molecular weight excluding hydrogens is 1250 g/mol.